The molecule has 0 saturated carbocycles. The summed E-state index contributed by atoms with van der Waals surface area (Å²) in [5, 5.41) is 0. The lowest BCUT2D eigenvalue weighted by Crippen LogP contribution is -2.17. The zero-order valence-corrected chi connectivity index (χ0v) is 13.5. The van der Waals surface area contributed by atoms with Crippen LogP contribution in [0.1, 0.15) is 23.6 Å². The molecule has 4 rings (SSSR count). The Morgan fingerprint density at radius 2 is 1.33 bits per heavy atom. The Morgan fingerprint density at radius 3 is 2.04 bits per heavy atom. The third-order valence-electron chi connectivity index (χ3n) is 4.34. The number of hydrogen-bond donors (Lipinski definition) is 1. The molecule has 0 aromatic heterocycles. The maximum Gasteiger partial charge on any atom is 0.161 e. The second-order valence-corrected chi connectivity index (χ2v) is 6.03. The molecule has 2 heterocycles. The minimum absolute atomic E-state index is 0.0472. The van der Waals surface area contributed by atoms with Gasteiger partial charge in [-0.05, 0) is 48.2 Å². The predicted molar refractivity (Wildman–Crippen MR) is 90.1 cm³/mol. The fourth-order valence-corrected chi connectivity index (χ4v) is 3.02. The molecule has 2 aromatic rings. The van der Waals surface area contributed by atoms with Crippen LogP contribution in [-0.2, 0) is 6.42 Å². The van der Waals surface area contributed by atoms with Crippen LogP contribution in [0.2, 0.25) is 0 Å². The third kappa shape index (κ3) is 3.12. The highest BCUT2D eigenvalue weighted by molar-refractivity contribution is 5.45. The number of hydrogen-bond acceptors (Lipinski definition) is 5. The summed E-state index contributed by atoms with van der Waals surface area (Å²) < 4.78 is 22.4. The Bertz CT molecular complexity index is 731. The van der Waals surface area contributed by atoms with Crippen LogP contribution in [-0.4, -0.2) is 26.4 Å². The molecule has 24 heavy (non-hydrogen) atoms. The number of aryl methyl sites for hydroxylation is 1. The fraction of sp³-hybridized carbons (Fsp3) is 0.368. The van der Waals surface area contributed by atoms with Gasteiger partial charge in [0.15, 0.2) is 23.0 Å². The van der Waals surface area contributed by atoms with Gasteiger partial charge in [-0.15, -0.1) is 0 Å². The average Bonchev–Trinajstić information content (AvgIpc) is 2.65. The van der Waals surface area contributed by atoms with Crippen LogP contribution in [0.5, 0.6) is 23.0 Å². The van der Waals surface area contributed by atoms with Crippen LogP contribution in [0.4, 0.5) is 0 Å². The molecule has 126 valence electrons. The van der Waals surface area contributed by atoms with E-state index >= 15 is 0 Å². The zero-order valence-electron chi connectivity index (χ0n) is 13.5. The lowest BCUT2D eigenvalue weighted by molar-refractivity contribution is 0.171. The summed E-state index contributed by atoms with van der Waals surface area (Å²) in [6.07, 6.45) is 1.73. The van der Waals surface area contributed by atoms with Crippen molar-refractivity contribution in [3.05, 3.63) is 47.5 Å². The van der Waals surface area contributed by atoms with E-state index in [9.17, 15) is 0 Å². The first-order chi connectivity index (χ1) is 11.8. The van der Waals surface area contributed by atoms with Crippen molar-refractivity contribution in [1.29, 1.82) is 0 Å². The molecule has 2 aliphatic heterocycles. The SMILES string of the molecule is NC(CCc1ccc2c(c1)OCCO2)c1ccc2c(c1)OCCO2. The highest BCUT2D eigenvalue weighted by Crippen LogP contribution is 2.34. The van der Waals surface area contributed by atoms with Gasteiger partial charge in [0, 0.05) is 6.04 Å². The van der Waals surface area contributed by atoms with E-state index in [0.29, 0.717) is 26.4 Å². The van der Waals surface area contributed by atoms with Crippen molar-refractivity contribution in [2.45, 2.75) is 18.9 Å². The number of nitrogens with two attached hydrogens (primary N) is 1. The molecule has 0 saturated heterocycles. The Hall–Kier alpha value is -2.40. The summed E-state index contributed by atoms with van der Waals surface area (Å²) in [6.45, 7) is 2.40. The molecule has 0 amide bonds. The minimum Gasteiger partial charge on any atom is -0.486 e. The lowest BCUT2D eigenvalue weighted by atomic mass is 9.99. The number of fused-ring (bicyclic) bond motifs is 2. The first-order valence-corrected chi connectivity index (χ1v) is 8.33. The molecular weight excluding hydrogens is 306 g/mol. The molecule has 0 bridgehead atoms. The van der Waals surface area contributed by atoms with Gasteiger partial charge in [-0.2, -0.15) is 0 Å². The van der Waals surface area contributed by atoms with Crippen LogP contribution in [0.15, 0.2) is 36.4 Å². The lowest BCUT2D eigenvalue weighted by Gasteiger charge is -2.21. The number of rotatable bonds is 4. The van der Waals surface area contributed by atoms with Crippen molar-refractivity contribution in [3.8, 4) is 23.0 Å². The molecule has 5 heteroatoms. The van der Waals surface area contributed by atoms with Crippen LogP contribution in [0.3, 0.4) is 0 Å². The van der Waals surface area contributed by atoms with Gasteiger partial charge >= 0.3 is 0 Å². The molecule has 1 atom stereocenters. The molecule has 5 nitrogen and oxygen atoms in total. The van der Waals surface area contributed by atoms with E-state index < -0.39 is 0 Å². The maximum absolute atomic E-state index is 6.36. The van der Waals surface area contributed by atoms with Gasteiger partial charge in [-0.3, -0.25) is 0 Å². The van der Waals surface area contributed by atoms with E-state index in [4.69, 9.17) is 24.7 Å². The van der Waals surface area contributed by atoms with Crippen LogP contribution in [0.25, 0.3) is 0 Å². The predicted octanol–water partition coefficient (Wildman–Crippen LogP) is 2.86. The van der Waals surface area contributed by atoms with Crippen molar-refractivity contribution in [2.75, 3.05) is 26.4 Å². The molecule has 0 aliphatic carbocycles. The van der Waals surface area contributed by atoms with Crippen molar-refractivity contribution in [2.24, 2.45) is 5.73 Å². The van der Waals surface area contributed by atoms with E-state index in [-0.39, 0.29) is 6.04 Å². The summed E-state index contributed by atoms with van der Waals surface area (Å²) in [6, 6.07) is 12.0. The molecule has 2 N–H and O–H groups in total. The third-order valence-corrected chi connectivity index (χ3v) is 4.34. The Labute approximate surface area is 141 Å². The molecule has 2 aromatic carbocycles. The van der Waals surface area contributed by atoms with Gasteiger partial charge < -0.3 is 24.7 Å². The largest absolute Gasteiger partial charge is 0.486 e. The smallest absolute Gasteiger partial charge is 0.161 e. The van der Waals surface area contributed by atoms with Crippen LogP contribution >= 0.6 is 0 Å². The normalized spacial score (nSPS) is 16.5. The molecule has 0 radical (unpaired) electrons. The highest BCUT2D eigenvalue weighted by Gasteiger charge is 2.16. The van der Waals surface area contributed by atoms with E-state index in [2.05, 4.69) is 6.07 Å². The van der Waals surface area contributed by atoms with E-state index in [1.54, 1.807) is 0 Å². The highest BCUT2D eigenvalue weighted by atomic mass is 16.6. The van der Waals surface area contributed by atoms with Crippen LogP contribution < -0.4 is 24.7 Å². The maximum atomic E-state index is 6.36. The average molecular weight is 327 g/mol. The quantitative estimate of drug-likeness (QED) is 0.935. The number of benzene rings is 2. The first-order valence-electron chi connectivity index (χ1n) is 8.33. The molecule has 0 spiro atoms. The van der Waals surface area contributed by atoms with Gasteiger partial charge in [-0.1, -0.05) is 12.1 Å². The van der Waals surface area contributed by atoms with Crippen molar-refractivity contribution < 1.29 is 18.9 Å². The molecule has 1 unspecified atom stereocenters. The second kappa shape index (κ2) is 6.61. The summed E-state index contributed by atoms with van der Waals surface area (Å²) in [5.41, 5.74) is 8.63. The summed E-state index contributed by atoms with van der Waals surface area (Å²) in [4.78, 5) is 0. The van der Waals surface area contributed by atoms with Crippen LogP contribution in [0, 0.1) is 0 Å². The van der Waals surface area contributed by atoms with E-state index in [1.807, 2.05) is 30.3 Å². The van der Waals surface area contributed by atoms with Gasteiger partial charge in [-0.25, -0.2) is 0 Å². The topological polar surface area (TPSA) is 62.9 Å². The fourth-order valence-electron chi connectivity index (χ4n) is 3.02. The monoisotopic (exact) mass is 327 g/mol. The molecule has 2 aliphatic rings. The van der Waals surface area contributed by atoms with Crippen molar-refractivity contribution >= 4 is 0 Å². The Morgan fingerprint density at radius 1 is 0.750 bits per heavy atom. The minimum atomic E-state index is -0.0472. The van der Waals surface area contributed by atoms with Crippen molar-refractivity contribution in [1.82, 2.24) is 0 Å². The Balaban J connectivity index is 1.42. The molecular formula is C19H21NO4. The second-order valence-electron chi connectivity index (χ2n) is 6.03. The number of ether oxygens (including phenoxy) is 4. The molecule has 0 fully saturated rings. The van der Waals surface area contributed by atoms with Gasteiger partial charge in [0.1, 0.15) is 26.4 Å². The summed E-state index contributed by atoms with van der Waals surface area (Å²) in [7, 11) is 0. The summed E-state index contributed by atoms with van der Waals surface area (Å²) >= 11 is 0. The van der Waals surface area contributed by atoms with Gasteiger partial charge in [0.2, 0.25) is 0 Å². The van der Waals surface area contributed by atoms with E-state index in [0.717, 1.165) is 41.4 Å². The van der Waals surface area contributed by atoms with E-state index in [1.165, 1.54) is 5.56 Å². The van der Waals surface area contributed by atoms with Crippen molar-refractivity contribution in [3.63, 3.8) is 0 Å². The zero-order chi connectivity index (χ0) is 16.4. The standard InChI is InChI=1S/C19H21NO4/c20-15(14-3-6-17-19(12-14)24-10-8-22-17)4-1-13-2-5-16-18(11-13)23-9-7-21-16/h2-3,5-6,11-12,15H,1,4,7-10,20H2. The Kier molecular flexibility index (Phi) is 4.17. The van der Waals surface area contributed by atoms with Gasteiger partial charge in [0.05, 0.1) is 0 Å². The van der Waals surface area contributed by atoms with Gasteiger partial charge in [0.25, 0.3) is 0 Å². The first kappa shape index (κ1) is 15.1. The summed E-state index contributed by atoms with van der Waals surface area (Å²) in [5.74, 6) is 3.23.